The zero-order valence-corrected chi connectivity index (χ0v) is 16.6. The summed E-state index contributed by atoms with van der Waals surface area (Å²) >= 11 is 0. The number of nitrogens with one attached hydrogen (secondary N) is 1. The molecule has 1 fully saturated rings. The average molecular weight is 391 g/mol. The van der Waals surface area contributed by atoms with Crippen LogP contribution in [0, 0.1) is 6.92 Å². The molecule has 0 radical (unpaired) electrons. The van der Waals surface area contributed by atoms with Crippen LogP contribution in [-0.2, 0) is 6.54 Å². The van der Waals surface area contributed by atoms with E-state index in [9.17, 15) is 4.79 Å². The van der Waals surface area contributed by atoms with Crippen molar-refractivity contribution in [2.24, 2.45) is 0 Å². The molecular weight excluding hydrogens is 366 g/mol. The lowest BCUT2D eigenvalue weighted by atomic mass is 10.1. The molecule has 1 N–H and O–H groups in total. The van der Waals surface area contributed by atoms with E-state index in [2.05, 4.69) is 47.1 Å². The lowest BCUT2D eigenvalue weighted by Crippen LogP contribution is -2.48. The molecular formula is C23H25N3O3. The van der Waals surface area contributed by atoms with E-state index in [-0.39, 0.29) is 5.91 Å². The molecule has 150 valence electrons. The summed E-state index contributed by atoms with van der Waals surface area (Å²) in [4.78, 5) is 20.5. The van der Waals surface area contributed by atoms with Crippen LogP contribution in [0.4, 0.5) is 0 Å². The van der Waals surface area contributed by atoms with E-state index in [1.54, 1.807) is 0 Å². The van der Waals surface area contributed by atoms with Gasteiger partial charge in [0.15, 0.2) is 11.5 Å². The van der Waals surface area contributed by atoms with Gasteiger partial charge in [-0.3, -0.25) is 9.69 Å². The zero-order valence-electron chi connectivity index (χ0n) is 16.6. The number of piperazine rings is 1. The van der Waals surface area contributed by atoms with Crippen LogP contribution in [0.15, 0.2) is 42.5 Å². The highest BCUT2D eigenvalue weighted by Gasteiger charge is 2.23. The normalized spacial score (nSPS) is 16.9. The Kier molecular flexibility index (Phi) is 4.64. The average Bonchev–Trinajstić information content (AvgIpc) is 3.17. The fourth-order valence-electron chi connectivity index (χ4n) is 4.08. The molecule has 0 atom stereocenters. The van der Waals surface area contributed by atoms with Crippen molar-refractivity contribution in [2.45, 2.75) is 13.5 Å². The molecule has 1 saturated heterocycles. The maximum absolute atomic E-state index is 12.9. The number of amides is 1. The minimum Gasteiger partial charge on any atom is -0.486 e. The number of hydrogen-bond donors (Lipinski definition) is 1. The van der Waals surface area contributed by atoms with Gasteiger partial charge in [0.25, 0.3) is 5.91 Å². The Morgan fingerprint density at radius 3 is 2.59 bits per heavy atom. The minimum atomic E-state index is 0.0813. The van der Waals surface area contributed by atoms with Gasteiger partial charge in [-0.2, -0.15) is 0 Å². The first-order valence-electron chi connectivity index (χ1n) is 10.2. The molecule has 1 aromatic heterocycles. The molecule has 2 aliphatic rings. The molecule has 3 heterocycles. The highest BCUT2D eigenvalue weighted by molar-refractivity contribution is 5.98. The van der Waals surface area contributed by atoms with Gasteiger partial charge in [-0.1, -0.05) is 18.2 Å². The second-order valence-electron chi connectivity index (χ2n) is 7.82. The quantitative estimate of drug-likeness (QED) is 0.745. The van der Waals surface area contributed by atoms with Crippen LogP contribution >= 0.6 is 0 Å². The summed E-state index contributed by atoms with van der Waals surface area (Å²) in [5.74, 6) is 1.73. The molecule has 0 spiro atoms. The molecule has 0 unspecified atom stereocenters. The maximum Gasteiger partial charge on any atom is 0.270 e. The molecule has 29 heavy (non-hydrogen) atoms. The first-order chi connectivity index (χ1) is 14.2. The van der Waals surface area contributed by atoms with E-state index in [0.717, 1.165) is 55.1 Å². The number of carbonyl (C=O) groups excluding carboxylic acids is 1. The van der Waals surface area contributed by atoms with Gasteiger partial charge < -0.3 is 19.4 Å². The first kappa shape index (κ1) is 18.1. The number of rotatable bonds is 3. The van der Waals surface area contributed by atoms with Gasteiger partial charge in [0.1, 0.15) is 18.9 Å². The lowest BCUT2D eigenvalue weighted by molar-refractivity contribution is 0.0623. The largest absolute Gasteiger partial charge is 0.486 e. The van der Waals surface area contributed by atoms with E-state index < -0.39 is 0 Å². The van der Waals surface area contributed by atoms with Gasteiger partial charge in [0.2, 0.25) is 0 Å². The van der Waals surface area contributed by atoms with E-state index in [0.29, 0.717) is 18.9 Å². The molecule has 2 aromatic carbocycles. The number of fused-ring (bicyclic) bond motifs is 2. The number of benzene rings is 2. The topological polar surface area (TPSA) is 57.8 Å². The zero-order chi connectivity index (χ0) is 19.8. The number of aromatic nitrogens is 1. The Morgan fingerprint density at radius 2 is 1.76 bits per heavy atom. The second kappa shape index (κ2) is 7.44. The van der Waals surface area contributed by atoms with E-state index in [1.807, 2.05) is 17.0 Å². The Morgan fingerprint density at radius 1 is 0.966 bits per heavy atom. The molecule has 6 heteroatoms. The van der Waals surface area contributed by atoms with Crippen LogP contribution in [0.5, 0.6) is 11.5 Å². The van der Waals surface area contributed by atoms with Crippen LogP contribution in [0.2, 0.25) is 0 Å². The van der Waals surface area contributed by atoms with Gasteiger partial charge in [-0.15, -0.1) is 0 Å². The Bertz CT molecular complexity index is 1050. The number of aryl methyl sites for hydroxylation is 1. The molecule has 3 aromatic rings. The van der Waals surface area contributed by atoms with E-state index in [1.165, 1.54) is 11.1 Å². The Hall–Kier alpha value is -2.99. The highest BCUT2D eigenvalue weighted by Crippen LogP contribution is 2.31. The summed E-state index contributed by atoms with van der Waals surface area (Å²) in [6, 6.07) is 14.3. The van der Waals surface area contributed by atoms with E-state index >= 15 is 0 Å². The van der Waals surface area contributed by atoms with Gasteiger partial charge in [-0.25, -0.2) is 0 Å². The smallest absolute Gasteiger partial charge is 0.270 e. The van der Waals surface area contributed by atoms with Gasteiger partial charge in [0.05, 0.1) is 0 Å². The van der Waals surface area contributed by atoms with Crippen molar-refractivity contribution in [3.05, 3.63) is 59.3 Å². The molecule has 0 saturated carbocycles. The Labute approximate surface area is 170 Å². The predicted octanol–water partition coefficient (Wildman–Crippen LogP) is 3.21. The van der Waals surface area contributed by atoms with Crippen LogP contribution in [0.1, 0.15) is 21.6 Å². The number of carbonyl (C=O) groups is 1. The molecule has 2 aliphatic heterocycles. The van der Waals surface area contributed by atoms with Crippen molar-refractivity contribution < 1.29 is 14.3 Å². The van der Waals surface area contributed by atoms with Crippen molar-refractivity contribution in [3.63, 3.8) is 0 Å². The minimum absolute atomic E-state index is 0.0813. The predicted molar refractivity (Wildman–Crippen MR) is 112 cm³/mol. The summed E-state index contributed by atoms with van der Waals surface area (Å²) in [5, 5.41) is 1.08. The monoisotopic (exact) mass is 391 g/mol. The van der Waals surface area contributed by atoms with Crippen molar-refractivity contribution >= 4 is 16.8 Å². The summed E-state index contributed by atoms with van der Waals surface area (Å²) in [5.41, 5.74) is 4.09. The second-order valence-corrected chi connectivity index (χ2v) is 7.82. The number of hydrogen-bond acceptors (Lipinski definition) is 4. The lowest BCUT2D eigenvalue weighted by Gasteiger charge is -2.34. The maximum atomic E-state index is 12.9. The molecule has 5 rings (SSSR count). The van der Waals surface area contributed by atoms with Crippen LogP contribution in [0.3, 0.4) is 0 Å². The summed E-state index contributed by atoms with van der Waals surface area (Å²) < 4.78 is 11.3. The van der Waals surface area contributed by atoms with Crippen molar-refractivity contribution in [1.82, 2.24) is 14.8 Å². The number of H-pyrrole nitrogens is 1. The van der Waals surface area contributed by atoms with E-state index in [4.69, 9.17) is 9.47 Å². The van der Waals surface area contributed by atoms with Gasteiger partial charge in [0, 0.05) is 43.6 Å². The molecule has 1 amide bonds. The van der Waals surface area contributed by atoms with Crippen LogP contribution < -0.4 is 9.47 Å². The third-order valence-electron chi connectivity index (χ3n) is 5.68. The number of ether oxygens (including phenoxy) is 2. The van der Waals surface area contributed by atoms with Gasteiger partial charge in [-0.05, 0) is 42.3 Å². The third kappa shape index (κ3) is 3.68. The standard InChI is InChI=1S/C23H25N3O3/c1-16-2-4-18-14-20(24-19(18)12-16)23(27)26-8-6-25(7-9-26)15-17-3-5-21-22(13-17)29-11-10-28-21/h2-5,12-14,24H,6-11,15H2,1H3. The van der Waals surface area contributed by atoms with Crippen LogP contribution in [0.25, 0.3) is 10.9 Å². The number of aromatic amines is 1. The highest BCUT2D eigenvalue weighted by atomic mass is 16.6. The summed E-state index contributed by atoms with van der Waals surface area (Å²) in [6.45, 7) is 7.31. The fraction of sp³-hybridized carbons (Fsp3) is 0.348. The third-order valence-corrected chi connectivity index (χ3v) is 5.68. The SMILES string of the molecule is Cc1ccc2cc(C(=O)N3CCN(Cc4ccc5c(c4)OCCO5)CC3)[nH]c2c1. The first-order valence-corrected chi connectivity index (χ1v) is 10.2. The molecule has 0 aliphatic carbocycles. The molecule has 6 nitrogen and oxygen atoms in total. The summed E-state index contributed by atoms with van der Waals surface area (Å²) in [7, 11) is 0. The van der Waals surface area contributed by atoms with Gasteiger partial charge >= 0.3 is 0 Å². The Balaban J connectivity index is 1.21. The molecule has 0 bridgehead atoms. The number of nitrogens with zero attached hydrogens (tertiary/aromatic N) is 2. The fourth-order valence-corrected chi connectivity index (χ4v) is 4.08. The van der Waals surface area contributed by atoms with Crippen LogP contribution in [-0.4, -0.2) is 60.1 Å². The van der Waals surface area contributed by atoms with Crippen molar-refractivity contribution in [1.29, 1.82) is 0 Å². The summed E-state index contributed by atoms with van der Waals surface area (Å²) in [6.07, 6.45) is 0. The van der Waals surface area contributed by atoms with Crippen molar-refractivity contribution in [2.75, 3.05) is 39.4 Å². The van der Waals surface area contributed by atoms with Crippen molar-refractivity contribution in [3.8, 4) is 11.5 Å².